The Labute approximate surface area is 135 Å². The molecule has 0 aliphatic rings. The smallest absolute Gasteiger partial charge is 0.410 e. The van der Waals surface area contributed by atoms with Crippen LogP contribution in [0, 0.1) is 5.82 Å². The first-order chi connectivity index (χ1) is 10.6. The first-order valence-corrected chi connectivity index (χ1v) is 7.23. The minimum Gasteiger partial charge on any atom is -0.444 e. The molecule has 7 heteroatoms. The number of hydrogen-bond acceptors (Lipinski definition) is 4. The van der Waals surface area contributed by atoms with Gasteiger partial charge in [-0.15, -0.1) is 0 Å². The molecule has 1 atom stereocenters. The average Bonchev–Trinajstić information content (AvgIpc) is 2.42. The molecule has 0 aliphatic heterocycles. The highest BCUT2D eigenvalue weighted by Crippen LogP contribution is 2.13. The molecular formula is C16H23FN2O4. The van der Waals surface area contributed by atoms with Gasteiger partial charge in [-0.2, -0.15) is 0 Å². The lowest BCUT2D eigenvalue weighted by atomic mass is 10.1. The molecule has 0 saturated heterocycles. The fourth-order valence-corrected chi connectivity index (χ4v) is 1.72. The third-order valence-electron chi connectivity index (χ3n) is 2.81. The van der Waals surface area contributed by atoms with Crippen molar-refractivity contribution in [2.24, 2.45) is 0 Å². The van der Waals surface area contributed by atoms with E-state index in [1.165, 1.54) is 25.2 Å². The maximum Gasteiger partial charge on any atom is 0.410 e. The Hall–Kier alpha value is -2.15. The van der Waals surface area contributed by atoms with Crippen molar-refractivity contribution in [3.8, 4) is 0 Å². The van der Waals surface area contributed by atoms with Crippen molar-refractivity contribution >= 4 is 12.0 Å². The minimum atomic E-state index is -1.03. The summed E-state index contributed by atoms with van der Waals surface area (Å²) in [5.74, 6) is -0.911. The Kier molecular flexibility index (Phi) is 6.50. The lowest BCUT2D eigenvalue weighted by Crippen LogP contribution is -2.41. The number of likely N-dealkylation sites (N-methyl/N-ethyl adjacent to an activating group) is 1. The van der Waals surface area contributed by atoms with Gasteiger partial charge in [0.15, 0.2) is 0 Å². The standard InChI is InChI=1S/C16H23FN2O4/c1-16(2,3)23-15(22)19(4)10-14(21)18-9-13(20)11-6-5-7-12(17)8-11/h5-8,13,20H,9-10H2,1-4H3,(H,18,21)/t13-/m0/s1. The first-order valence-electron chi connectivity index (χ1n) is 7.23. The Morgan fingerprint density at radius 3 is 2.61 bits per heavy atom. The SMILES string of the molecule is CN(CC(=O)NC[C@H](O)c1cccc(F)c1)C(=O)OC(C)(C)C. The quantitative estimate of drug-likeness (QED) is 0.865. The van der Waals surface area contributed by atoms with Gasteiger partial charge < -0.3 is 20.1 Å². The largest absolute Gasteiger partial charge is 0.444 e. The van der Waals surface area contributed by atoms with Crippen LogP contribution in [0.25, 0.3) is 0 Å². The normalized spacial score (nSPS) is 12.4. The first kappa shape index (κ1) is 18.9. The van der Waals surface area contributed by atoms with Gasteiger partial charge in [0.1, 0.15) is 18.0 Å². The molecule has 0 unspecified atom stereocenters. The molecule has 1 rings (SSSR count). The zero-order chi connectivity index (χ0) is 17.6. The number of ether oxygens (including phenoxy) is 1. The number of amides is 2. The number of aliphatic hydroxyl groups is 1. The predicted molar refractivity (Wildman–Crippen MR) is 83.2 cm³/mol. The summed E-state index contributed by atoms with van der Waals surface area (Å²) in [6.07, 6.45) is -1.64. The van der Waals surface area contributed by atoms with Crippen molar-refractivity contribution in [3.63, 3.8) is 0 Å². The second-order valence-corrected chi connectivity index (χ2v) is 6.21. The Morgan fingerprint density at radius 2 is 2.04 bits per heavy atom. The van der Waals surface area contributed by atoms with Crippen LogP contribution in [0.5, 0.6) is 0 Å². The lowest BCUT2D eigenvalue weighted by Gasteiger charge is -2.24. The molecule has 0 spiro atoms. The molecule has 0 fully saturated rings. The van der Waals surface area contributed by atoms with E-state index in [-0.39, 0.29) is 13.1 Å². The Morgan fingerprint density at radius 1 is 1.39 bits per heavy atom. The fourth-order valence-electron chi connectivity index (χ4n) is 1.72. The van der Waals surface area contributed by atoms with E-state index in [9.17, 15) is 19.1 Å². The van der Waals surface area contributed by atoms with Crippen molar-refractivity contribution < 1.29 is 23.8 Å². The van der Waals surface area contributed by atoms with E-state index in [2.05, 4.69) is 5.32 Å². The fraction of sp³-hybridized carbons (Fsp3) is 0.500. The molecule has 1 aromatic rings. The van der Waals surface area contributed by atoms with Gasteiger partial charge in [0.25, 0.3) is 0 Å². The summed E-state index contributed by atoms with van der Waals surface area (Å²) in [6, 6.07) is 5.51. The highest BCUT2D eigenvalue weighted by molar-refractivity contribution is 5.82. The highest BCUT2D eigenvalue weighted by atomic mass is 19.1. The molecule has 6 nitrogen and oxygen atoms in total. The van der Waals surface area contributed by atoms with Crippen LogP contribution >= 0.6 is 0 Å². The molecular weight excluding hydrogens is 303 g/mol. The number of aliphatic hydroxyl groups excluding tert-OH is 1. The second-order valence-electron chi connectivity index (χ2n) is 6.21. The summed E-state index contributed by atoms with van der Waals surface area (Å²) in [7, 11) is 1.44. The van der Waals surface area contributed by atoms with E-state index >= 15 is 0 Å². The van der Waals surface area contributed by atoms with Gasteiger partial charge in [0, 0.05) is 13.6 Å². The summed E-state index contributed by atoms with van der Waals surface area (Å²) in [4.78, 5) is 24.6. The number of carbonyl (C=O) groups is 2. The van der Waals surface area contributed by atoms with Gasteiger partial charge in [0.2, 0.25) is 5.91 Å². The summed E-state index contributed by atoms with van der Waals surface area (Å²) in [6.45, 7) is 4.91. The predicted octanol–water partition coefficient (Wildman–Crippen LogP) is 1.84. The third kappa shape index (κ3) is 7.10. The zero-order valence-corrected chi connectivity index (χ0v) is 13.8. The maximum atomic E-state index is 13.1. The van der Waals surface area contributed by atoms with E-state index in [1.807, 2.05) is 0 Å². The van der Waals surface area contributed by atoms with Crippen LogP contribution in [-0.2, 0) is 9.53 Å². The third-order valence-corrected chi connectivity index (χ3v) is 2.81. The summed E-state index contributed by atoms with van der Waals surface area (Å²) in [5, 5.41) is 12.4. The molecule has 2 amide bonds. The molecule has 23 heavy (non-hydrogen) atoms. The molecule has 0 aromatic heterocycles. The maximum absolute atomic E-state index is 13.1. The molecule has 0 aliphatic carbocycles. The summed E-state index contributed by atoms with van der Waals surface area (Å²) >= 11 is 0. The van der Waals surface area contributed by atoms with Crippen LogP contribution in [0.15, 0.2) is 24.3 Å². The highest BCUT2D eigenvalue weighted by Gasteiger charge is 2.21. The van der Waals surface area contributed by atoms with Gasteiger partial charge in [0.05, 0.1) is 6.10 Å². The number of nitrogens with zero attached hydrogens (tertiary/aromatic N) is 1. The van der Waals surface area contributed by atoms with Gasteiger partial charge in [-0.3, -0.25) is 4.79 Å². The molecule has 1 aromatic carbocycles. The van der Waals surface area contributed by atoms with Gasteiger partial charge >= 0.3 is 6.09 Å². The van der Waals surface area contributed by atoms with Crippen LogP contribution in [-0.4, -0.2) is 47.7 Å². The van der Waals surface area contributed by atoms with Gasteiger partial charge in [-0.1, -0.05) is 12.1 Å². The Bertz CT molecular complexity index is 557. The molecule has 0 bridgehead atoms. The van der Waals surface area contributed by atoms with E-state index in [4.69, 9.17) is 4.74 Å². The van der Waals surface area contributed by atoms with Crippen molar-refractivity contribution in [1.29, 1.82) is 0 Å². The number of rotatable bonds is 5. The van der Waals surface area contributed by atoms with E-state index in [0.717, 1.165) is 4.90 Å². The Balaban J connectivity index is 2.43. The molecule has 0 heterocycles. The van der Waals surface area contributed by atoms with E-state index in [0.29, 0.717) is 5.56 Å². The van der Waals surface area contributed by atoms with Crippen LogP contribution < -0.4 is 5.32 Å². The summed E-state index contributed by atoms with van der Waals surface area (Å²) < 4.78 is 18.2. The van der Waals surface area contributed by atoms with Crippen LogP contribution in [0.3, 0.4) is 0 Å². The number of carbonyl (C=O) groups excluding carboxylic acids is 2. The molecule has 128 valence electrons. The zero-order valence-electron chi connectivity index (χ0n) is 13.8. The summed E-state index contributed by atoms with van der Waals surface area (Å²) in [5.41, 5.74) is -0.277. The van der Waals surface area contributed by atoms with Crippen LogP contribution in [0.1, 0.15) is 32.4 Å². The topological polar surface area (TPSA) is 78.9 Å². The van der Waals surface area contributed by atoms with Crippen LogP contribution in [0.4, 0.5) is 9.18 Å². The lowest BCUT2D eigenvalue weighted by molar-refractivity contribution is -0.122. The van der Waals surface area contributed by atoms with E-state index < -0.39 is 29.5 Å². The van der Waals surface area contributed by atoms with Crippen molar-refractivity contribution in [2.75, 3.05) is 20.1 Å². The van der Waals surface area contributed by atoms with Crippen molar-refractivity contribution in [3.05, 3.63) is 35.6 Å². The van der Waals surface area contributed by atoms with Crippen LogP contribution in [0.2, 0.25) is 0 Å². The monoisotopic (exact) mass is 326 g/mol. The average molecular weight is 326 g/mol. The molecule has 0 radical (unpaired) electrons. The number of hydrogen-bond donors (Lipinski definition) is 2. The minimum absolute atomic E-state index is 0.0789. The van der Waals surface area contributed by atoms with Crippen molar-refractivity contribution in [2.45, 2.75) is 32.5 Å². The van der Waals surface area contributed by atoms with Crippen molar-refractivity contribution in [1.82, 2.24) is 10.2 Å². The number of halogens is 1. The number of benzene rings is 1. The van der Waals surface area contributed by atoms with Gasteiger partial charge in [-0.25, -0.2) is 9.18 Å². The molecule has 0 saturated carbocycles. The second kappa shape index (κ2) is 7.92. The van der Waals surface area contributed by atoms with E-state index in [1.54, 1.807) is 26.8 Å². The molecule has 2 N–H and O–H groups in total. The number of nitrogens with one attached hydrogen (secondary N) is 1. The van der Waals surface area contributed by atoms with Gasteiger partial charge in [-0.05, 0) is 38.5 Å².